The molecule has 0 saturated heterocycles. The fraction of sp³-hybridized carbons (Fsp3) is 1.00. The average Bonchev–Trinajstić information content (AvgIpc) is 3.05. The lowest BCUT2D eigenvalue weighted by atomic mass is 9.51. The van der Waals surface area contributed by atoms with Crippen LogP contribution in [0.3, 0.4) is 0 Å². The maximum Gasteiger partial charge on any atom is 0.0164 e. The quantitative estimate of drug-likeness (QED) is 0.287. The molecule has 0 radical (unpaired) electrons. The maximum absolute atomic E-state index is 3.45. The molecule has 46 heavy (non-hydrogen) atoms. The van der Waals surface area contributed by atoms with Crippen LogP contribution in [0, 0.1) is 59.2 Å². The van der Waals surface area contributed by atoms with E-state index in [2.05, 4.69) is 51.3 Å². The number of rotatable bonds is 6. The summed E-state index contributed by atoms with van der Waals surface area (Å²) in [6, 6.07) is 5.22. The van der Waals surface area contributed by atoms with Crippen molar-refractivity contribution >= 4 is 0 Å². The van der Waals surface area contributed by atoms with Crippen molar-refractivity contribution in [3.05, 3.63) is 0 Å². The SMILES string of the molecule is CC1CCC(N(C2CCCCC2C)C2C3CCC(C)CC3C(N(C3CCC(C)CC3)C3CCCCC3C)C3CCC(C)CC32)CC1. The van der Waals surface area contributed by atoms with Crippen molar-refractivity contribution in [3.8, 4) is 0 Å². The summed E-state index contributed by atoms with van der Waals surface area (Å²) in [6.45, 7) is 15.8. The molecule has 0 heterocycles. The Morgan fingerprint density at radius 1 is 0.326 bits per heavy atom. The summed E-state index contributed by atoms with van der Waals surface area (Å²) in [5, 5.41) is 0. The van der Waals surface area contributed by atoms with Gasteiger partial charge in [-0.1, -0.05) is 80.1 Å². The summed E-state index contributed by atoms with van der Waals surface area (Å²) >= 11 is 0. The molecule has 12 unspecified atom stereocenters. The monoisotopic (exact) mass is 635 g/mol. The van der Waals surface area contributed by atoms with Crippen molar-refractivity contribution < 1.29 is 0 Å². The zero-order valence-electron chi connectivity index (χ0n) is 31.7. The lowest BCUT2D eigenvalue weighted by molar-refractivity contribution is -0.162. The molecule has 7 aliphatic rings. The van der Waals surface area contributed by atoms with Crippen molar-refractivity contribution in [2.75, 3.05) is 0 Å². The van der Waals surface area contributed by atoms with Crippen LogP contribution in [0.5, 0.6) is 0 Å². The van der Waals surface area contributed by atoms with Crippen molar-refractivity contribution in [1.29, 1.82) is 0 Å². The van der Waals surface area contributed by atoms with Gasteiger partial charge in [0.1, 0.15) is 0 Å². The molecule has 0 bridgehead atoms. The Morgan fingerprint density at radius 3 is 1.04 bits per heavy atom. The summed E-state index contributed by atoms with van der Waals surface area (Å²) in [6.07, 6.45) is 33.1. The number of hydrogen-bond acceptors (Lipinski definition) is 2. The highest BCUT2D eigenvalue weighted by Crippen LogP contribution is 2.58. The van der Waals surface area contributed by atoms with E-state index in [1.54, 1.807) is 25.7 Å². The lowest BCUT2D eigenvalue weighted by Gasteiger charge is -2.66. The summed E-state index contributed by atoms with van der Waals surface area (Å²) in [4.78, 5) is 6.90. The van der Waals surface area contributed by atoms with Gasteiger partial charge in [-0.3, -0.25) is 9.80 Å². The minimum absolute atomic E-state index is 0.862. The third-order valence-corrected chi connectivity index (χ3v) is 16.6. The fourth-order valence-corrected chi connectivity index (χ4v) is 14.1. The van der Waals surface area contributed by atoms with Gasteiger partial charge >= 0.3 is 0 Å². The van der Waals surface area contributed by atoms with Gasteiger partial charge in [0, 0.05) is 36.3 Å². The van der Waals surface area contributed by atoms with Crippen LogP contribution >= 0.6 is 0 Å². The highest BCUT2D eigenvalue weighted by molar-refractivity contribution is 5.11. The molecule has 0 N–H and O–H groups in total. The predicted molar refractivity (Wildman–Crippen MR) is 197 cm³/mol. The van der Waals surface area contributed by atoms with Crippen LogP contribution < -0.4 is 0 Å². The van der Waals surface area contributed by atoms with Crippen LogP contribution in [0.25, 0.3) is 0 Å². The van der Waals surface area contributed by atoms with Crippen molar-refractivity contribution in [3.63, 3.8) is 0 Å². The standard InChI is InChI=1S/C44H78N2/c1-29-15-21-35(22-16-29)45(41-13-9-7-11-33(41)5)43-37-25-19-32(4)28-40(37)44(38-26-20-31(3)27-39(38)43)46(36-23-17-30(2)18-24-36)42-14-10-8-12-34(42)6/h29-44H,7-28H2,1-6H3. The summed E-state index contributed by atoms with van der Waals surface area (Å²) < 4.78 is 0. The molecule has 12 atom stereocenters. The zero-order chi connectivity index (χ0) is 31.9. The minimum Gasteiger partial charge on any atom is -0.294 e. The molecular formula is C44H78N2. The number of hydrogen-bond donors (Lipinski definition) is 0. The van der Waals surface area contributed by atoms with Gasteiger partial charge < -0.3 is 0 Å². The summed E-state index contributed by atoms with van der Waals surface area (Å²) in [7, 11) is 0. The lowest BCUT2D eigenvalue weighted by Crippen LogP contribution is -2.70. The molecule has 2 heteroatoms. The molecule has 0 aliphatic heterocycles. The van der Waals surface area contributed by atoms with Crippen LogP contribution in [0.4, 0.5) is 0 Å². The molecule has 7 aliphatic carbocycles. The van der Waals surface area contributed by atoms with E-state index in [0.717, 1.165) is 95.4 Å². The van der Waals surface area contributed by atoms with E-state index in [0.29, 0.717) is 0 Å². The molecule has 0 spiro atoms. The van der Waals surface area contributed by atoms with Gasteiger partial charge in [0.2, 0.25) is 0 Å². The maximum atomic E-state index is 3.45. The van der Waals surface area contributed by atoms with Crippen LogP contribution in [0.1, 0.15) is 183 Å². The average molecular weight is 635 g/mol. The second-order valence-corrected chi connectivity index (χ2v) is 19.9. The van der Waals surface area contributed by atoms with Gasteiger partial charge in [-0.15, -0.1) is 0 Å². The van der Waals surface area contributed by atoms with Gasteiger partial charge in [0.15, 0.2) is 0 Å². The molecule has 7 fully saturated rings. The van der Waals surface area contributed by atoms with Crippen LogP contribution in [-0.4, -0.2) is 46.1 Å². The first kappa shape index (κ1) is 34.4. The normalized spacial score (nSPS) is 50.6. The molecule has 7 saturated carbocycles. The van der Waals surface area contributed by atoms with E-state index in [1.807, 2.05) is 0 Å². The third-order valence-electron chi connectivity index (χ3n) is 16.6. The molecule has 0 amide bonds. The van der Waals surface area contributed by atoms with Crippen LogP contribution in [0.2, 0.25) is 0 Å². The van der Waals surface area contributed by atoms with E-state index < -0.39 is 0 Å². The second-order valence-electron chi connectivity index (χ2n) is 19.9. The molecule has 264 valence electrons. The van der Waals surface area contributed by atoms with E-state index in [9.17, 15) is 0 Å². The predicted octanol–water partition coefficient (Wildman–Crippen LogP) is 11.8. The van der Waals surface area contributed by atoms with Crippen molar-refractivity contribution in [1.82, 2.24) is 9.80 Å². The van der Waals surface area contributed by atoms with E-state index >= 15 is 0 Å². The van der Waals surface area contributed by atoms with E-state index in [1.165, 1.54) is 116 Å². The van der Waals surface area contributed by atoms with E-state index in [-0.39, 0.29) is 0 Å². The first-order chi connectivity index (χ1) is 22.3. The van der Waals surface area contributed by atoms with E-state index in [4.69, 9.17) is 0 Å². The molecule has 0 aromatic rings. The summed E-state index contributed by atoms with van der Waals surface area (Å²) in [5.41, 5.74) is 0. The fourth-order valence-electron chi connectivity index (χ4n) is 14.1. The van der Waals surface area contributed by atoms with Crippen molar-refractivity contribution in [2.24, 2.45) is 59.2 Å². The summed E-state index contributed by atoms with van der Waals surface area (Å²) in [5.74, 6) is 9.35. The highest BCUT2D eigenvalue weighted by Gasteiger charge is 2.59. The minimum atomic E-state index is 0.862. The zero-order valence-corrected chi connectivity index (χ0v) is 31.7. The highest BCUT2D eigenvalue weighted by atomic mass is 15.3. The Balaban J connectivity index is 1.31. The molecule has 7 rings (SSSR count). The van der Waals surface area contributed by atoms with Gasteiger partial charge in [-0.05, 0) is 162 Å². The van der Waals surface area contributed by atoms with Crippen LogP contribution in [-0.2, 0) is 0 Å². The smallest absolute Gasteiger partial charge is 0.0164 e. The van der Waals surface area contributed by atoms with Gasteiger partial charge in [0.05, 0.1) is 0 Å². The first-order valence-corrected chi connectivity index (χ1v) is 21.8. The largest absolute Gasteiger partial charge is 0.294 e. The Morgan fingerprint density at radius 2 is 0.674 bits per heavy atom. The number of nitrogens with zero attached hydrogens (tertiary/aromatic N) is 2. The topological polar surface area (TPSA) is 6.48 Å². The molecular weight excluding hydrogens is 556 g/mol. The Kier molecular flexibility index (Phi) is 11.2. The Hall–Kier alpha value is -0.0800. The van der Waals surface area contributed by atoms with Gasteiger partial charge in [-0.2, -0.15) is 0 Å². The molecule has 2 nitrogen and oxygen atoms in total. The molecule has 0 aromatic carbocycles. The van der Waals surface area contributed by atoms with Crippen molar-refractivity contribution in [2.45, 2.75) is 219 Å². The second kappa shape index (κ2) is 15.0. The Labute approximate surface area is 287 Å². The molecule has 0 aromatic heterocycles. The number of fused-ring (bicyclic) bond motifs is 2. The van der Waals surface area contributed by atoms with Crippen LogP contribution in [0.15, 0.2) is 0 Å². The first-order valence-electron chi connectivity index (χ1n) is 21.8. The van der Waals surface area contributed by atoms with Gasteiger partial charge in [0.25, 0.3) is 0 Å². The third kappa shape index (κ3) is 6.95. The van der Waals surface area contributed by atoms with Gasteiger partial charge in [-0.25, -0.2) is 0 Å². The Bertz CT molecular complexity index is 870.